The minimum atomic E-state index is -0.204. The number of carbonyl (C=O) groups is 1. The van der Waals surface area contributed by atoms with Crippen molar-refractivity contribution in [3.05, 3.63) is 34.3 Å². The van der Waals surface area contributed by atoms with Gasteiger partial charge in [-0.15, -0.1) is 0 Å². The summed E-state index contributed by atoms with van der Waals surface area (Å²) in [6.45, 7) is 3.25. The predicted molar refractivity (Wildman–Crippen MR) is 74.5 cm³/mol. The number of nitrogens with one attached hydrogen (secondary N) is 1. The van der Waals surface area contributed by atoms with E-state index in [2.05, 4.69) is 21.2 Å². The van der Waals surface area contributed by atoms with Crippen LogP contribution in [0.15, 0.2) is 28.7 Å². The quantitative estimate of drug-likeness (QED) is 0.869. The number of halogens is 1. The molecule has 1 heterocycles. The van der Waals surface area contributed by atoms with Crippen molar-refractivity contribution >= 4 is 21.9 Å². The highest BCUT2D eigenvalue weighted by Crippen LogP contribution is 2.28. The van der Waals surface area contributed by atoms with Gasteiger partial charge in [0.2, 0.25) is 0 Å². The fourth-order valence-electron chi connectivity index (χ4n) is 2.46. The van der Waals surface area contributed by atoms with E-state index < -0.39 is 0 Å². The Kier molecular flexibility index (Phi) is 4.78. The molecule has 98 valence electrons. The zero-order valence-corrected chi connectivity index (χ0v) is 12.1. The van der Waals surface area contributed by atoms with E-state index in [4.69, 9.17) is 4.74 Å². The van der Waals surface area contributed by atoms with Gasteiger partial charge in [0.15, 0.2) is 0 Å². The minimum Gasteiger partial charge on any atom is -0.465 e. The van der Waals surface area contributed by atoms with Crippen molar-refractivity contribution < 1.29 is 9.53 Å². The Bertz CT molecular complexity index is 416. The van der Waals surface area contributed by atoms with Crippen molar-refractivity contribution in [3.63, 3.8) is 0 Å². The summed E-state index contributed by atoms with van der Waals surface area (Å²) in [5.41, 5.74) is 1.02. The van der Waals surface area contributed by atoms with E-state index >= 15 is 0 Å². The maximum absolute atomic E-state index is 12.2. The molecular formula is C14H18BrNO2. The summed E-state index contributed by atoms with van der Waals surface area (Å²) < 4.78 is 6.21. The molecule has 0 amide bonds. The van der Waals surface area contributed by atoms with Crippen LogP contribution >= 0.6 is 15.9 Å². The molecule has 1 saturated heterocycles. The summed E-state index contributed by atoms with van der Waals surface area (Å²) in [6.07, 6.45) is 2.14. The van der Waals surface area contributed by atoms with Crippen LogP contribution in [0.2, 0.25) is 0 Å². The predicted octanol–water partition coefficient (Wildman–Crippen LogP) is 2.85. The lowest BCUT2D eigenvalue weighted by atomic mass is 9.90. The van der Waals surface area contributed by atoms with Gasteiger partial charge in [-0.3, -0.25) is 4.79 Å². The van der Waals surface area contributed by atoms with Gasteiger partial charge in [-0.2, -0.15) is 0 Å². The monoisotopic (exact) mass is 311 g/mol. The average molecular weight is 312 g/mol. The number of rotatable bonds is 4. The van der Waals surface area contributed by atoms with Crippen LogP contribution in [0.5, 0.6) is 0 Å². The van der Waals surface area contributed by atoms with Gasteiger partial charge in [-0.1, -0.05) is 28.1 Å². The number of esters is 1. The zero-order chi connectivity index (χ0) is 13.0. The Labute approximate surface area is 116 Å². The lowest BCUT2D eigenvalue weighted by molar-refractivity contribution is -0.145. The second-order valence-corrected chi connectivity index (χ2v) is 5.40. The summed E-state index contributed by atoms with van der Waals surface area (Å²) in [4.78, 5) is 12.2. The fraction of sp³-hybridized carbons (Fsp3) is 0.500. The Morgan fingerprint density at radius 3 is 3.06 bits per heavy atom. The van der Waals surface area contributed by atoms with Crippen molar-refractivity contribution in [1.29, 1.82) is 0 Å². The molecule has 1 fully saturated rings. The van der Waals surface area contributed by atoms with E-state index in [0.717, 1.165) is 29.4 Å². The zero-order valence-electron chi connectivity index (χ0n) is 10.5. The van der Waals surface area contributed by atoms with Crippen molar-refractivity contribution in [3.8, 4) is 0 Å². The van der Waals surface area contributed by atoms with E-state index in [9.17, 15) is 4.79 Å². The molecule has 18 heavy (non-hydrogen) atoms. The highest BCUT2D eigenvalue weighted by Gasteiger charge is 2.32. The molecule has 3 nitrogen and oxygen atoms in total. The van der Waals surface area contributed by atoms with Gasteiger partial charge in [-0.25, -0.2) is 0 Å². The van der Waals surface area contributed by atoms with Gasteiger partial charge >= 0.3 is 5.97 Å². The summed E-state index contributed by atoms with van der Waals surface area (Å²) in [5.74, 6) is -0.333. The number of ether oxygens (including phenoxy) is 1. The van der Waals surface area contributed by atoms with Crippen LogP contribution in [-0.2, 0) is 9.53 Å². The van der Waals surface area contributed by atoms with Crippen LogP contribution in [0.4, 0.5) is 0 Å². The molecule has 4 heteroatoms. The summed E-state index contributed by atoms with van der Waals surface area (Å²) >= 11 is 3.45. The molecule has 1 aliphatic rings. The van der Waals surface area contributed by atoms with Crippen LogP contribution < -0.4 is 5.32 Å². The van der Waals surface area contributed by atoms with Gasteiger partial charge in [0.05, 0.1) is 12.5 Å². The van der Waals surface area contributed by atoms with Crippen LogP contribution in [0.25, 0.3) is 0 Å². The van der Waals surface area contributed by atoms with Gasteiger partial charge in [-0.05, 0) is 44.0 Å². The first kappa shape index (κ1) is 13.6. The lowest BCUT2D eigenvalue weighted by Gasteiger charge is -2.22. The molecule has 1 aromatic rings. The second-order valence-electron chi connectivity index (χ2n) is 4.49. The number of hydrogen-bond donors (Lipinski definition) is 1. The topological polar surface area (TPSA) is 38.3 Å². The first-order valence-electron chi connectivity index (χ1n) is 6.38. The molecule has 0 spiro atoms. The molecule has 0 bridgehead atoms. The first-order chi connectivity index (χ1) is 8.72. The molecule has 0 aliphatic carbocycles. The van der Waals surface area contributed by atoms with Gasteiger partial charge in [0.25, 0.3) is 0 Å². The summed E-state index contributed by atoms with van der Waals surface area (Å²) in [7, 11) is 0. The molecule has 0 unspecified atom stereocenters. The van der Waals surface area contributed by atoms with E-state index in [1.807, 2.05) is 31.2 Å². The Morgan fingerprint density at radius 2 is 2.44 bits per heavy atom. The largest absolute Gasteiger partial charge is 0.465 e. The van der Waals surface area contributed by atoms with E-state index in [0.29, 0.717) is 6.61 Å². The SMILES string of the molecule is CCOC(=O)[C@@H](c1cccc(Br)c1)[C@H]1CCCN1. The maximum atomic E-state index is 12.2. The maximum Gasteiger partial charge on any atom is 0.315 e. The molecule has 0 saturated carbocycles. The Hall–Kier alpha value is -0.870. The van der Waals surface area contributed by atoms with Crippen molar-refractivity contribution in [2.24, 2.45) is 0 Å². The molecule has 1 aromatic carbocycles. The van der Waals surface area contributed by atoms with Crippen LogP contribution in [0.1, 0.15) is 31.2 Å². The normalized spacial score (nSPS) is 20.7. The third-order valence-corrected chi connectivity index (χ3v) is 3.74. The fourth-order valence-corrected chi connectivity index (χ4v) is 2.88. The molecule has 2 rings (SSSR count). The molecular weight excluding hydrogens is 294 g/mol. The number of carbonyl (C=O) groups excluding carboxylic acids is 1. The molecule has 1 aliphatic heterocycles. The van der Waals surface area contributed by atoms with E-state index in [1.165, 1.54) is 0 Å². The smallest absolute Gasteiger partial charge is 0.315 e. The summed E-state index contributed by atoms with van der Waals surface area (Å²) in [6, 6.07) is 8.11. The highest BCUT2D eigenvalue weighted by atomic mass is 79.9. The van der Waals surface area contributed by atoms with Gasteiger partial charge in [0, 0.05) is 10.5 Å². The Balaban J connectivity index is 2.25. The third kappa shape index (κ3) is 3.12. The third-order valence-electron chi connectivity index (χ3n) is 3.25. The van der Waals surface area contributed by atoms with Crippen molar-refractivity contribution in [2.75, 3.05) is 13.2 Å². The highest BCUT2D eigenvalue weighted by molar-refractivity contribution is 9.10. The lowest BCUT2D eigenvalue weighted by Crippen LogP contribution is -2.35. The summed E-state index contributed by atoms with van der Waals surface area (Å²) in [5, 5.41) is 3.40. The van der Waals surface area contributed by atoms with Crippen LogP contribution in [0.3, 0.4) is 0 Å². The molecule has 0 aromatic heterocycles. The average Bonchev–Trinajstić information content (AvgIpc) is 2.83. The number of hydrogen-bond acceptors (Lipinski definition) is 3. The molecule has 0 radical (unpaired) electrons. The Morgan fingerprint density at radius 1 is 1.61 bits per heavy atom. The van der Waals surface area contributed by atoms with Gasteiger partial charge < -0.3 is 10.1 Å². The molecule has 2 atom stereocenters. The van der Waals surface area contributed by atoms with Crippen molar-refractivity contribution in [1.82, 2.24) is 5.32 Å². The van der Waals surface area contributed by atoms with Crippen LogP contribution in [0, 0.1) is 0 Å². The standard InChI is InChI=1S/C14H18BrNO2/c1-2-18-14(17)13(12-7-4-8-16-12)10-5-3-6-11(15)9-10/h3,5-6,9,12-13,16H,2,4,7-8H2,1H3/t12-,13+/m1/s1. The van der Waals surface area contributed by atoms with Crippen molar-refractivity contribution in [2.45, 2.75) is 31.7 Å². The minimum absolute atomic E-state index is 0.130. The molecule has 1 N–H and O–H groups in total. The van der Waals surface area contributed by atoms with Crippen LogP contribution in [-0.4, -0.2) is 25.2 Å². The van der Waals surface area contributed by atoms with Gasteiger partial charge in [0.1, 0.15) is 0 Å². The number of benzene rings is 1. The van der Waals surface area contributed by atoms with E-state index in [-0.39, 0.29) is 17.9 Å². The second kappa shape index (κ2) is 6.34. The van der Waals surface area contributed by atoms with E-state index in [1.54, 1.807) is 0 Å². The first-order valence-corrected chi connectivity index (χ1v) is 7.17.